The van der Waals surface area contributed by atoms with E-state index in [0.717, 1.165) is 19.6 Å². The van der Waals surface area contributed by atoms with Crippen LogP contribution in [-0.2, 0) is 8.85 Å². The van der Waals surface area contributed by atoms with Gasteiger partial charge in [0.2, 0.25) is 0 Å². The number of rotatable bonds is 8. The van der Waals surface area contributed by atoms with Crippen LogP contribution in [0, 0.1) is 0 Å². The predicted octanol–water partition coefficient (Wildman–Crippen LogP) is 2.83. The average molecular weight is 201 g/mol. The van der Waals surface area contributed by atoms with E-state index < -0.39 is 9.28 Å². The van der Waals surface area contributed by atoms with E-state index in [2.05, 4.69) is 18.7 Å². The Labute approximate surface area is 83.8 Å². The van der Waals surface area contributed by atoms with Crippen molar-refractivity contribution in [2.45, 2.75) is 40.0 Å². The first-order valence-electron chi connectivity index (χ1n) is 5.14. The molecule has 0 unspecified atom stereocenters. The van der Waals surface area contributed by atoms with Crippen molar-refractivity contribution in [2.75, 3.05) is 13.2 Å². The van der Waals surface area contributed by atoms with E-state index in [9.17, 15) is 0 Å². The third kappa shape index (κ3) is 8.21. The van der Waals surface area contributed by atoms with E-state index in [4.69, 9.17) is 8.85 Å². The molecule has 0 fully saturated rings. The summed E-state index contributed by atoms with van der Waals surface area (Å²) in [5.74, 6) is 0. The molecule has 0 spiro atoms. The molecule has 0 aromatic rings. The van der Waals surface area contributed by atoms with Crippen LogP contribution in [0.3, 0.4) is 0 Å². The van der Waals surface area contributed by atoms with Gasteiger partial charge < -0.3 is 8.85 Å². The van der Waals surface area contributed by atoms with E-state index >= 15 is 0 Å². The zero-order valence-electron chi connectivity index (χ0n) is 9.01. The summed E-state index contributed by atoms with van der Waals surface area (Å²) in [5.41, 5.74) is 2.10. The molecule has 0 aliphatic rings. The molecule has 3 heteroatoms. The highest BCUT2D eigenvalue weighted by molar-refractivity contribution is 6.50. The van der Waals surface area contributed by atoms with Crippen molar-refractivity contribution in [3.05, 3.63) is 11.8 Å². The summed E-state index contributed by atoms with van der Waals surface area (Å²) < 4.78 is 10.9. The van der Waals surface area contributed by atoms with Crippen LogP contribution in [-0.4, -0.2) is 22.5 Å². The molecule has 0 bridgehead atoms. The Morgan fingerprint density at radius 2 is 1.69 bits per heavy atom. The highest BCUT2D eigenvalue weighted by atomic mass is 28.3. The molecular weight excluding hydrogens is 180 g/mol. The van der Waals surface area contributed by atoms with Crippen LogP contribution >= 0.6 is 0 Å². The molecule has 0 rings (SSSR count). The lowest BCUT2D eigenvalue weighted by Gasteiger charge is -2.07. The highest BCUT2D eigenvalue weighted by Crippen LogP contribution is 1.98. The lowest BCUT2D eigenvalue weighted by atomic mass is 10.2. The summed E-state index contributed by atoms with van der Waals surface area (Å²) in [6.07, 6.45) is 5.83. The molecule has 0 aromatic carbocycles. The summed E-state index contributed by atoms with van der Waals surface area (Å²) in [7, 11) is -1.11. The normalized spacial score (nSPS) is 11.7. The average Bonchev–Trinajstić information content (AvgIpc) is 2.13. The number of allylic oxidation sites excluding steroid dienone is 1. The predicted molar refractivity (Wildman–Crippen MR) is 57.7 cm³/mol. The second-order valence-electron chi connectivity index (χ2n) is 2.73. The topological polar surface area (TPSA) is 18.5 Å². The van der Waals surface area contributed by atoms with E-state index in [-0.39, 0.29) is 0 Å². The van der Waals surface area contributed by atoms with E-state index in [1.165, 1.54) is 12.8 Å². The van der Waals surface area contributed by atoms with Crippen LogP contribution in [0.5, 0.6) is 0 Å². The molecule has 0 saturated heterocycles. The minimum Gasteiger partial charge on any atom is -0.391 e. The van der Waals surface area contributed by atoms with Crippen LogP contribution in [0.25, 0.3) is 0 Å². The Morgan fingerprint density at radius 3 is 2.15 bits per heavy atom. The quantitative estimate of drug-likeness (QED) is 0.444. The molecule has 77 valence electrons. The van der Waals surface area contributed by atoms with Gasteiger partial charge in [-0.3, -0.25) is 0 Å². The van der Waals surface area contributed by atoms with Gasteiger partial charge in [0.1, 0.15) is 0 Å². The van der Waals surface area contributed by atoms with Crippen molar-refractivity contribution in [3.8, 4) is 0 Å². The van der Waals surface area contributed by atoms with Gasteiger partial charge in [-0.15, -0.1) is 0 Å². The maximum Gasteiger partial charge on any atom is 0.415 e. The third-order valence-electron chi connectivity index (χ3n) is 1.55. The van der Waals surface area contributed by atoms with E-state index in [1.807, 2.05) is 13.8 Å². The van der Waals surface area contributed by atoms with Crippen molar-refractivity contribution in [1.82, 2.24) is 0 Å². The maximum absolute atomic E-state index is 5.46. The molecule has 0 amide bonds. The zero-order chi connectivity index (χ0) is 9.94. The number of unbranched alkanes of at least 4 members (excludes halogenated alkanes) is 2. The lowest BCUT2D eigenvalue weighted by Crippen LogP contribution is -2.20. The van der Waals surface area contributed by atoms with Gasteiger partial charge in [-0.2, -0.15) is 0 Å². The van der Waals surface area contributed by atoms with Gasteiger partial charge in [0, 0.05) is 13.2 Å². The van der Waals surface area contributed by atoms with Crippen LogP contribution in [0.2, 0.25) is 0 Å². The molecule has 1 radical (unpaired) electrons. The minimum absolute atomic E-state index is 0.742. The van der Waals surface area contributed by atoms with Crippen molar-refractivity contribution in [2.24, 2.45) is 0 Å². The Hall–Kier alpha value is -0.123. The molecule has 0 N–H and O–H groups in total. The number of hydrogen-bond acceptors (Lipinski definition) is 2. The van der Waals surface area contributed by atoms with Gasteiger partial charge in [-0.1, -0.05) is 25.8 Å². The van der Waals surface area contributed by atoms with Crippen LogP contribution in [0.4, 0.5) is 0 Å². The first-order chi connectivity index (χ1) is 6.35. The minimum atomic E-state index is -1.11. The Morgan fingerprint density at radius 1 is 1.08 bits per heavy atom. The molecule has 0 heterocycles. The van der Waals surface area contributed by atoms with E-state index in [1.54, 1.807) is 0 Å². The smallest absolute Gasteiger partial charge is 0.391 e. The van der Waals surface area contributed by atoms with E-state index in [0.29, 0.717) is 0 Å². The van der Waals surface area contributed by atoms with Gasteiger partial charge in [-0.05, 0) is 26.0 Å². The van der Waals surface area contributed by atoms with Gasteiger partial charge in [-0.25, -0.2) is 0 Å². The second kappa shape index (κ2) is 9.96. The van der Waals surface area contributed by atoms with Crippen LogP contribution in [0.15, 0.2) is 11.8 Å². The second-order valence-corrected chi connectivity index (χ2v) is 4.28. The fourth-order valence-electron chi connectivity index (χ4n) is 0.924. The van der Waals surface area contributed by atoms with Crippen LogP contribution in [0.1, 0.15) is 40.0 Å². The SMILES string of the molecule is CCCCC=C[Si](OCC)OCC. The lowest BCUT2D eigenvalue weighted by molar-refractivity contribution is 0.224. The Balaban J connectivity index is 3.58. The molecule has 13 heavy (non-hydrogen) atoms. The first-order valence-corrected chi connectivity index (χ1v) is 6.53. The fraction of sp³-hybridized carbons (Fsp3) is 0.800. The van der Waals surface area contributed by atoms with Gasteiger partial charge in [0.05, 0.1) is 0 Å². The Kier molecular flexibility index (Phi) is 9.87. The summed E-state index contributed by atoms with van der Waals surface area (Å²) in [6, 6.07) is 0. The van der Waals surface area contributed by atoms with Gasteiger partial charge in [0.25, 0.3) is 0 Å². The largest absolute Gasteiger partial charge is 0.415 e. The molecular formula is C10H21O2Si. The highest BCUT2D eigenvalue weighted by Gasteiger charge is 2.08. The molecule has 0 saturated carbocycles. The summed E-state index contributed by atoms with van der Waals surface area (Å²) >= 11 is 0. The zero-order valence-corrected chi connectivity index (χ0v) is 10.0. The molecule has 0 aliphatic heterocycles. The van der Waals surface area contributed by atoms with Gasteiger partial charge >= 0.3 is 9.28 Å². The summed E-state index contributed by atoms with van der Waals surface area (Å²) in [6.45, 7) is 7.69. The number of hydrogen-bond donors (Lipinski definition) is 0. The summed E-state index contributed by atoms with van der Waals surface area (Å²) in [4.78, 5) is 0. The summed E-state index contributed by atoms with van der Waals surface area (Å²) in [5, 5.41) is 0. The standard InChI is InChI=1S/C10H21O2Si/c1-4-7-8-9-10-13(11-5-2)12-6-3/h9-10H,4-8H2,1-3H3. The van der Waals surface area contributed by atoms with Crippen molar-refractivity contribution < 1.29 is 8.85 Å². The van der Waals surface area contributed by atoms with Crippen molar-refractivity contribution in [1.29, 1.82) is 0 Å². The Bertz CT molecular complexity index is 120. The molecule has 0 aromatic heterocycles. The fourth-order valence-corrected chi connectivity index (χ4v) is 2.13. The maximum atomic E-state index is 5.46. The molecule has 2 nitrogen and oxygen atoms in total. The third-order valence-corrected chi connectivity index (χ3v) is 3.21. The van der Waals surface area contributed by atoms with Crippen LogP contribution < -0.4 is 0 Å². The first kappa shape index (κ1) is 12.9. The molecule has 0 aliphatic carbocycles. The van der Waals surface area contributed by atoms with Crippen molar-refractivity contribution in [3.63, 3.8) is 0 Å². The van der Waals surface area contributed by atoms with Gasteiger partial charge in [0.15, 0.2) is 0 Å². The van der Waals surface area contributed by atoms with Crippen molar-refractivity contribution >= 4 is 9.28 Å². The molecule has 0 atom stereocenters. The monoisotopic (exact) mass is 201 g/mol.